The van der Waals surface area contributed by atoms with Gasteiger partial charge in [-0.25, -0.2) is 8.78 Å². The molecule has 0 radical (unpaired) electrons. The van der Waals surface area contributed by atoms with Crippen LogP contribution in [0.25, 0.3) is 0 Å². The number of carbonyl (C=O) groups is 2. The Bertz CT molecular complexity index is 475. The lowest BCUT2D eigenvalue weighted by atomic mass is 10.00. The second-order valence-corrected chi connectivity index (χ2v) is 3.85. The number of hydrogen-bond donors (Lipinski definition) is 1. The van der Waals surface area contributed by atoms with Gasteiger partial charge in [-0.2, -0.15) is 0 Å². The van der Waals surface area contributed by atoms with Crippen molar-refractivity contribution in [2.24, 2.45) is 0 Å². The van der Waals surface area contributed by atoms with E-state index in [1.54, 1.807) is 0 Å². The molecule has 3 nitrogen and oxygen atoms in total. The molecule has 2 rings (SSSR count). The lowest BCUT2D eigenvalue weighted by Crippen LogP contribution is -2.37. The van der Waals surface area contributed by atoms with Crippen LogP contribution >= 0.6 is 15.9 Å². The van der Waals surface area contributed by atoms with Crippen LogP contribution in [0.5, 0.6) is 0 Å². The summed E-state index contributed by atoms with van der Waals surface area (Å²) in [6.45, 7) is 0. The number of ketones is 1. The van der Waals surface area contributed by atoms with E-state index in [0.29, 0.717) is 0 Å². The number of anilines is 1. The fourth-order valence-electron chi connectivity index (χ4n) is 1.32. The van der Waals surface area contributed by atoms with E-state index >= 15 is 0 Å². The molecule has 0 fully saturated rings. The highest BCUT2D eigenvalue weighted by Gasteiger charge is 2.36. The van der Waals surface area contributed by atoms with Crippen molar-refractivity contribution in [2.45, 2.75) is 6.17 Å². The fourth-order valence-corrected chi connectivity index (χ4v) is 1.65. The Labute approximate surface area is 91.6 Å². The molecule has 1 heterocycles. The summed E-state index contributed by atoms with van der Waals surface area (Å²) in [4.78, 5) is 22.2. The summed E-state index contributed by atoms with van der Waals surface area (Å²) in [6.07, 6.45) is -2.25. The zero-order valence-corrected chi connectivity index (χ0v) is 8.77. The first-order valence-corrected chi connectivity index (χ1v) is 4.79. The highest BCUT2D eigenvalue weighted by molar-refractivity contribution is 9.10. The highest BCUT2D eigenvalue weighted by Crippen LogP contribution is 2.31. The molecule has 0 spiro atoms. The predicted molar refractivity (Wildman–Crippen MR) is 52.0 cm³/mol. The molecular weight excluding hydrogens is 272 g/mol. The summed E-state index contributed by atoms with van der Waals surface area (Å²) in [5.74, 6) is -2.93. The molecule has 0 aliphatic carbocycles. The van der Waals surface area contributed by atoms with Gasteiger partial charge in [-0.15, -0.1) is 0 Å². The zero-order chi connectivity index (χ0) is 11.2. The molecule has 15 heavy (non-hydrogen) atoms. The van der Waals surface area contributed by atoms with Gasteiger partial charge in [-0.1, -0.05) is 0 Å². The summed E-state index contributed by atoms with van der Waals surface area (Å²) in [5.41, 5.74) is -0.420. The van der Waals surface area contributed by atoms with Gasteiger partial charge in [0.1, 0.15) is 0 Å². The van der Waals surface area contributed by atoms with Crippen molar-refractivity contribution in [2.75, 3.05) is 5.32 Å². The Morgan fingerprint density at radius 2 is 2.00 bits per heavy atom. The highest BCUT2D eigenvalue weighted by atomic mass is 79.9. The topological polar surface area (TPSA) is 46.2 Å². The number of fused-ring (bicyclic) bond motifs is 1. The van der Waals surface area contributed by atoms with Crippen molar-refractivity contribution < 1.29 is 18.4 Å². The number of hydrogen-bond acceptors (Lipinski definition) is 2. The fraction of sp³-hybridized carbons (Fsp3) is 0.111. The Hall–Kier alpha value is -1.30. The second kappa shape index (κ2) is 3.37. The Kier molecular flexibility index (Phi) is 2.30. The predicted octanol–water partition coefficient (Wildman–Crippen LogP) is 2.06. The number of alkyl halides is 1. The van der Waals surface area contributed by atoms with Crippen LogP contribution in [0.3, 0.4) is 0 Å². The molecule has 0 saturated carbocycles. The molecule has 1 aliphatic rings. The molecule has 0 bridgehead atoms. The standard InChI is InChI=1S/C9H4BrF2NO2/c10-4-2-1-3-7(5(4)11)13-9(15)6(12)8(3)14/h1-2,6H,(H,13,15). The number of amides is 1. The monoisotopic (exact) mass is 275 g/mol. The Balaban J connectivity index is 2.65. The molecule has 78 valence electrons. The Morgan fingerprint density at radius 3 is 2.67 bits per heavy atom. The van der Waals surface area contributed by atoms with Gasteiger partial charge >= 0.3 is 0 Å². The number of rotatable bonds is 0. The zero-order valence-electron chi connectivity index (χ0n) is 7.18. The smallest absolute Gasteiger partial charge is 0.267 e. The quantitative estimate of drug-likeness (QED) is 0.737. The van der Waals surface area contributed by atoms with Crippen molar-refractivity contribution >= 4 is 33.3 Å². The third kappa shape index (κ3) is 1.45. The molecule has 6 heteroatoms. The van der Waals surface area contributed by atoms with Crippen LogP contribution < -0.4 is 5.32 Å². The largest absolute Gasteiger partial charge is 0.320 e. The molecule has 1 aliphatic heterocycles. The molecule has 1 aromatic carbocycles. The van der Waals surface area contributed by atoms with E-state index in [2.05, 4.69) is 15.9 Å². The van der Waals surface area contributed by atoms with E-state index in [1.165, 1.54) is 12.1 Å². The molecule has 0 saturated heterocycles. The van der Waals surface area contributed by atoms with Crippen LogP contribution in [0, 0.1) is 5.82 Å². The molecule has 1 aromatic rings. The maximum Gasteiger partial charge on any atom is 0.267 e. The van der Waals surface area contributed by atoms with E-state index in [1.807, 2.05) is 5.32 Å². The minimum absolute atomic E-state index is 0.103. The summed E-state index contributed by atoms with van der Waals surface area (Å²) in [7, 11) is 0. The first kappa shape index (κ1) is 10.2. The molecular formula is C9H4BrF2NO2. The Morgan fingerprint density at radius 1 is 1.33 bits per heavy atom. The van der Waals surface area contributed by atoms with Gasteiger partial charge in [0.25, 0.3) is 5.91 Å². The van der Waals surface area contributed by atoms with Gasteiger partial charge in [0.2, 0.25) is 12.0 Å². The number of halogens is 3. The van der Waals surface area contributed by atoms with E-state index in [9.17, 15) is 18.4 Å². The van der Waals surface area contributed by atoms with E-state index in [0.717, 1.165) is 0 Å². The summed E-state index contributed by atoms with van der Waals surface area (Å²) in [5, 5.41) is 2.01. The SMILES string of the molecule is O=C1Nc2c(ccc(Br)c2F)C(=O)C1F. The average molecular weight is 276 g/mol. The lowest BCUT2D eigenvalue weighted by molar-refractivity contribution is -0.119. The lowest BCUT2D eigenvalue weighted by Gasteiger charge is -2.19. The van der Waals surface area contributed by atoms with Gasteiger partial charge in [-0.3, -0.25) is 9.59 Å². The van der Waals surface area contributed by atoms with Gasteiger partial charge in [0, 0.05) is 5.56 Å². The summed E-state index contributed by atoms with van der Waals surface area (Å²) in [6, 6.07) is 2.55. The number of carbonyl (C=O) groups excluding carboxylic acids is 2. The second-order valence-electron chi connectivity index (χ2n) is 3.00. The van der Waals surface area contributed by atoms with Gasteiger partial charge in [0.05, 0.1) is 10.2 Å². The minimum atomic E-state index is -2.25. The van der Waals surface area contributed by atoms with E-state index < -0.39 is 23.7 Å². The van der Waals surface area contributed by atoms with Gasteiger partial charge in [-0.05, 0) is 28.1 Å². The van der Waals surface area contributed by atoms with E-state index in [4.69, 9.17) is 0 Å². The number of benzene rings is 1. The number of nitrogens with one attached hydrogen (secondary N) is 1. The number of Topliss-reactive ketones (excluding diaryl/α,β-unsaturated/α-hetero) is 1. The third-order valence-electron chi connectivity index (χ3n) is 2.07. The molecule has 1 N–H and O–H groups in total. The minimum Gasteiger partial charge on any atom is -0.320 e. The van der Waals surface area contributed by atoms with Crippen LogP contribution in [-0.4, -0.2) is 17.9 Å². The normalized spacial score (nSPS) is 19.8. The van der Waals surface area contributed by atoms with Crippen molar-refractivity contribution in [1.29, 1.82) is 0 Å². The summed E-state index contributed by atoms with van der Waals surface area (Å²) >= 11 is 2.90. The first-order chi connectivity index (χ1) is 7.02. The average Bonchev–Trinajstić information content (AvgIpc) is 2.21. The molecule has 1 atom stereocenters. The van der Waals surface area contributed by atoms with Gasteiger partial charge in [0.15, 0.2) is 5.82 Å². The molecule has 1 unspecified atom stereocenters. The van der Waals surface area contributed by atoms with E-state index in [-0.39, 0.29) is 15.7 Å². The van der Waals surface area contributed by atoms with Crippen LogP contribution in [0.1, 0.15) is 10.4 Å². The first-order valence-electron chi connectivity index (χ1n) is 3.99. The van der Waals surface area contributed by atoms with Gasteiger partial charge < -0.3 is 5.32 Å². The van der Waals surface area contributed by atoms with Crippen molar-refractivity contribution in [3.63, 3.8) is 0 Å². The van der Waals surface area contributed by atoms with Crippen molar-refractivity contribution in [3.8, 4) is 0 Å². The van der Waals surface area contributed by atoms with Crippen LogP contribution in [-0.2, 0) is 4.79 Å². The molecule has 0 aromatic heterocycles. The van der Waals surface area contributed by atoms with Crippen molar-refractivity contribution in [1.82, 2.24) is 0 Å². The summed E-state index contributed by atoms with van der Waals surface area (Å²) < 4.78 is 26.5. The third-order valence-corrected chi connectivity index (χ3v) is 2.68. The van der Waals surface area contributed by atoms with Crippen LogP contribution in [0.15, 0.2) is 16.6 Å². The van der Waals surface area contributed by atoms with Crippen LogP contribution in [0.4, 0.5) is 14.5 Å². The molecule has 1 amide bonds. The van der Waals surface area contributed by atoms with Crippen molar-refractivity contribution in [3.05, 3.63) is 28.0 Å². The maximum absolute atomic E-state index is 13.4. The maximum atomic E-state index is 13.4. The van der Waals surface area contributed by atoms with Crippen LogP contribution in [0.2, 0.25) is 0 Å².